The van der Waals surface area contributed by atoms with Crippen LogP contribution in [0.5, 0.6) is 5.75 Å². The number of aromatic nitrogens is 4. The van der Waals surface area contributed by atoms with Crippen molar-refractivity contribution < 1.29 is 32.0 Å². The zero-order chi connectivity index (χ0) is 31.4. The number of alkyl halides is 3. The van der Waals surface area contributed by atoms with Crippen LogP contribution in [-0.2, 0) is 18.0 Å². The van der Waals surface area contributed by atoms with Crippen LogP contribution in [0.25, 0.3) is 34.2 Å². The summed E-state index contributed by atoms with van der Waals surface area (Å²) in [6.45, 7) is 6.83. The molecule has 2 aliphatic heterocycles. The normalized spacial score (nSPS) is 18.5. The molecule has 6 rings (SSSR count). The minimum atomic E-state index is -4.53. The van der Waals surface area contributed by atoms with E-state index in [0.717, 1.165) is 30.3 Å². The molecule has 0 spiro atoms. The SMILES string of the molecule is COc1ccc(-c2nc(-c3ccc(-c4nc(C(F)(F)F)cn4C)cc3)no2)c(N2CC3CCC(C2)N3C(=O)OC(C)(C)C)c1. The van der Waals surface area contributed by atoms with E-state index in [9.17, 15) is 18.0 Å². The number of aryl methyl sites for hydroxylation is 1. The van der Waals surface area contributed by atoms with E-state index < -0.39 is 17.5 Å². The second-order valence-corrected chi connectivity index (χ2v) is 12.1. The second-order valence-electron chi connectivity index (χ2n) is 12.1. The van der Waals surface area contributed by atoms with Gasteiger partial charge in [0.1, 0.15) is 17.2 Å². The van der Waals surface area contributed by atoms with Crippen molar-refractivity contribution in [3.8, 4) is 40.0 Å². The van der Waals surface area contributed by atoms with E-state index in [4.69, 9.17) is 14.0 Å². The molecular formula is C31H33F3N6O4. The molecule has 4 heterocycles. The Balaban J connectivity index is 1.25. The Bertz CT molecular complexity index is 1660. The van der Waals surface area contributed by atoms with Crippen LogP contribution in [0.3, 0.4) is 0 Å². The highest BCUT2D eigenvalue weighted by Gasteiger charge is 2.45. The van der Waals surface area contributed by atoms with E-state index in [1.54, 1.807) is 31.4 Å². The summed E-state index contributed by atoms with van der Waals surface area (Å²) in [5.74, 6) is 1.51. The van der Waals surface area contributed by atoms with Crippen molar-refractivity contribution in [2.24, 2.45) is 7.05 Å². The number of piperazine rings is 1. The standard InChI is InChI=1S/C31H33F3N6O4/c1-30(2,3)43-29(41)40-20-10-11-21(40)16-39(15-20)24-14-22(42-5)12-13-23(24)28-36-26(37-44-28)18-6-8-19(9-7-18)27-35-25(17-38(27)4)31(32,33)34/h6-9,12-14,17,20-21H,10-11,15-16H2,1-5H3. The van der Waals surface area contributed by atoms with Crippen molar-refractivity contribution in [3.63, 3.8) is 0 Å². The summed E-state index contributed by atoms with van der Waals surface area (Å²) < 4.78 is 57.6. The summed E-state index contributed by atoms with van der Waals surface area (Å²) in [6, 6.07) is 12.4. The van der Waals surface area contributed by atoms with Crippen LogP contribution >= 0.6 is 0 Å². The number of nitrogens with zero attached hydrogens (tertiary/aromatic N) is 6. The monoisotopic (exact) mass is 610 g/mol. The van der Waals surface area contributed by atoms with Gasteiger partial charge in [0.05, 0.1) is 30.4 Å². The topological polar surface area (TPSA) is 98.7 Å². The van der Waals surface area contributed by atoms with Crippen LogP contribution in [0.2, 0.25) is 0 Å². The van der Waals surface area contributed by atoms with E-state index in [0.29, 0.717) is 41.7 Å². The number of ether oxygens (including phenoxy) is 2. The molecule has 0 radical (unpaired) electrons. The Morgan fingerprint density at radius 2 is 1.64 bits per heavy atom. The molecule has 0 aliphatic carbocycles. The van der Waals surface area contributed by atoms with Gasteiger partial charge in [-0.25, -0.2) is 9.78 Å². The molecule has 2 aromatic heterocycles. The molecule has 2 fully saturated rings. The summed E-state index contributed by atoms with van der Waals surface area (Å²) in [7, 11) is 3.12. The Morgan fingerprint density at radius 3 is 2.23 bits per heavy atom. The van der Waals surface area contributed by atoms with E-state index in [-0.39, 0.29) is 24.0 Å². The third-order valence-corrected chi connectivity index (χ3v) is 7.86. The van der Waals surface area contributed by atoms with Gasteiger partial charge < -0.3 is 23.5 Å². The number of carbonyl (C=O) groups excluding carboxylic acids is 1. The van der Waals surface area contributed by atoms with Crippen molar-refractivity contribution in [3.05, 3.63) is 54.4 Å². The zero-order valence-corrected chi connectivity index (χ0v) is 25.1. The van der Waals surface area contributed by atoms with Crippen LogP contribution in [0.1, 0.15) is 39.3 Å². The number of fused-ring (bicyclic) bond motifs is 2. The Labute approximate surface area is 252 Å². The summed E-state index contributed by atoms with van der Waals surface area (Å²) in [5, 5.41) is 4.18. The van der Waals surface area contributed by atoms with Crippen molar-refractivity contribution in [1.29, 1.82) is 0 Å². The van der Waals surface area contributed by atoms with Gasteiger partial charge in [0.2, 0.25) is 5.82 Å². The molecule has 2 aliphatic rings. The minimum Gasteiger partial charge on any atom is -0.497 e. The van der Waals surface area contributed by atoms with Crippen LogP contribution < -0.4 is 9.64 Å². The number of hydrogen-bond acceptors (Lipinski definition) is 8. The predicted molar refractivity (Wildman–Crippen MR) is 156 cm³/mol. The average molecular weight is 611 g/mol. The lowest BCUT2D eigenvalue weighted by Gasteiger charge is -2.42. The number of imidazole rings is 1. The number of benzene rings is 2. The molecule has 1 amide bonds. The molecule has 13 heteroatoms. The summed E-state index contributed by atoms with van der Waals surface area (Å²) >= 11 is 0. The predicted octanol–water partition coefficient (Wildman–Crippen LogP) is 6.42. The van der Waals surface area contributed by atoms with E-state index >= 15 is 0 Å². The second kappa shape index (κ2) is 10.9. The molecule has 2 unspecified atom stereocenters. The molecule has 2 bridgehead atoms. The molecule has 44 heavy (non-hydrogen) atoms. The van der Waals surface area contributed by atoms with Gasteiger partial charge in [-0.2, -0.15) is 18.2 Å². The first kappa shape index (κ1) is 29.5. The largest absolute Gasteiger partial charge is 0.497 e. The van der Waals surface area contributed by atoms with Crippen LogP contribution in [-0.4, -0.2) is 68.6 Å². The highest BCUT2D eigenvalue weighted by Crippen LogP contribution is 2.40. The lowest BCUT2D eigenvalue weighted by atomic mass is 10.1. The number of methoxy groups -OCH3 is 1. The van der Waals surface area contributed by atoms with Gasteiger partial charge in [0.25, 0.3) is 5.89 Å². The van der Waals surface area contributed by atoms with Crippen molar-refractivity contribution in [2.75, 3.05) is 25.1 Å². The van der Waals surface area contributed by atoms with Crippen molar-refractivity contribution in [1.82, 2.24) is 24.6 Å². The van der Waals surface area contributed by atoms with E-state index in [1.807, 2.05) is 43.9 Å². The first-order valence-electron chi connectivity index (χ1n) is 14.3. The fraction of sp³-hybridized carbons (Fsp3) is 0.419. The number of amides is 1. The lowest BCUT2D eigenvalue weighted by molar-refractivity contribution is -0.140. The van der Waals surface area contributed by atoms with Gasteiger partial charge in [-0.15, -0.1) is 0 Å². The summed E-state index contributed by atoms with van der Waals surface area (Å²) in [6.07, 6.45) is -2.08. The van der Waals surface area contributed by atoms with Crippen molar-refractivity contribution >= 4 is 11.8 Å². The Morgan fingerprint density at radius 1 is 0.977 bits per heavy atom. The highest BCUT2D eigenvalue weighted by atomic mass is 19.4. The van der Waals surface area contributed by atoms with Gasteiger partial charge in [-0.3, -0.25) is 4.90 Å². The molecule has 2 saturated heterocycles. The summed E-state index contributed by atoms with van der Waals surface area (Å²) in [4.78, 5) is 25.5. The number of hydrogen-bond donors (Lipinski definition) is 0. The third-order valence-electron chi connectivity index (χ3n) is 7.86. The fourth-order valence-electron chi connectivity index (χ4n) is 5.88. The fourth-order valence-corrected chi connectivity index (χ4v) is 5.88. The maximum absolute atomic E-state index is 13.1. The number of rotatable bonds is 5. The van der Waals surface area contributed by atoms with Gasteiger partial charge in [-0.1, -0.05) is 29.4 Å². The molecule has 2 atom stereocenters. The van der Waals surface area contributed by atoms with Crippen LogP contribution in [0, 0.1) is 0 Å². The minimum absolute atomic E-state index is 0.00494. The molecule has 2 aromatic carbocycles. The number of anilines is 1. The van der Waals surface area contributed by atoms with E-state index in [2.05, 4.69) is 20.0 Å². The first-order chi connectivity index (χ1) is 20.8. The molecular weight excluding hydrogens is 577 g/mol. The molecule has 0 N–H and O–H groups in total. The van der Waals surface area contributed by atoms with E-state index in [1.165, 1.54) is 11.6 Å². The van der Waals surface area contributed by atoms with Gasteiger partial charge >= 0.3 is 12.3 Å². The Hall–Kier alpha value is -4.55. The number of carbonyl (C=O) groups is 1. The lowest BCUT2D eigenvalue weighted by Crippen LogP contribution is -2.56. The molecule has 4 aromatic rings. The smallest absolute Gasteiger partial charge is 0.434 e. The van der Waals surface area contributed by atoms with Crippen molar-refractivity contribution in [2.45, 2.75) is 57.5 Å². The Kier molecular flexibility index (Phi) is 7.29. The van der Waals surface area contributed by atoms with Crippen LogP contribution in [0.4, 0.5) is 23.7 Å². The van der Waals surface area contributed by atoms with Crippen LogP contribution in [0.15, 0.2) is 53.2 Å². The number of halogens is 3. The third kappa shape index (κ3) is 5.70. The van der Waals surface area contributed by atoms with Gasteiger partial charge in [0.15, 0.2) is 5.69 Å². The van der Waals surface area contributed by atoms with Gasteiger partial charge in [0, 0.05) is 43.5 Å². The maximum Gasteiger partial charge on any atom is 0.434 e. The average Bonchev–Trinajstić information content (AvgIpc) is 3.68. The molecule has 0 saturated carbocycles. The highest BCUT2D eigenvalue weighted by molar-refractivity contribution is 5.77. The maximum atomic E-state index is 13.1. The summed E-state index contributed by atoms with van der Waals surface area (Å²) in [5.41, 5.74) is 1.21. The zero-order valence-electron chi connectivity index (χ0n) is 25.1. The molecule has 232 valence electrons. The molecule has 10 nitrogen and oxygen atoms in total. The quantitative estimate of drug-likeness (QED) is 0.255. The van der Waals surface area contributed by atoms with Gasteiger partial charge in [-0.05, 0) is 45.7 Å². The first-order valence-corrected chi connectivity index (χ1v) is 14.3.